The molecule has 106 valence electrons. The summed E-state index contributed by atoms with van der Waals surface area (Å²) in [5, 5.41) is 9.66. The molecule has 0 radical (unpaired) electrons. The average Bonchev–Trinajstić information content (AvgIpc) is 2.44. The van der Waals surface area contributed by atoms with E-state index in [1.54, 1.807) is 19.4 Å². The zero-order chi connectivity index (χ0) is 13.9. The third-order valence-electron chi connectivity index (χ3n) is 2.91. The Balaban J connectivity index is 2.21. The van der Waals surface area contributed by atoms with E-state index in [0.29, 0.717) is 6.61 Å². The van der Waals surface area contributed by atoms with Gasteiger partial charge in [0.05, 0.1) is 19.5 Å². The number of ether oxygens (including phenoxy) is 2. The SMILES string of the molecule is CCCCCC(O)/C=C/OCc1ccc(OC)cc1. The van der Waals surface area contributed by atoms with E-state index in [9.17, 15) is 5.11 Å². The van der Waals surface area contributed by atoms with Crippen LogP contribution in [0.5, 0.6) is 5.75 Å². The second kappa shape index (κ2) is 9.45. The number of hydrogen-bond donors (Lipinski definition) is 1. The molecule has 1 N–H and O–H groups in total. The number of methoxy groups -OCH3 is 1. The number of rotatable bonds is 9. The van der Waals surface area contributed by atoms with Crippen LogP contribution >= 0.6 is 0 Å². The molecule has 19 heavy (non-hydrogen) atoms. The fraction of sp³-hybridized carbons (Fsp3) is 0.500. The molecule has 0 aliphatic carbocycles. The normalized spacial score (nSPS) is 12.6. The van der Waals surface area contributed by atoms with E-state index < -0.39 is 6.10 Å². The van der Waals surface area contributed by atoms with Gasteiger partial charge in [0.2, 0.25) is 0 Å². The summed E-state index contributed by atoms with van der Waals surface area (Å²) in [5.74, 6) is 0.839. The first-order valence-electron chi connectivity index (χ1n) is 6.85. The summed E-state index contributed by atoms with van der Waals surface area (Å²) < 4.78 is 10.5. The summed E-state index contributed by atoms with van der Waals surface area (Å²) in [6, 6.07) is 7.73. The maximum absolute atomic E-state index is 9.66. The molecule has 1 aromatic rings. The van der Waals surface area contributed by atoms with Crippen molar-refractivity contribution in [3.8, 4) is 5.75 Å². The van der Waals surface area contributed by atoms with Crippen molar-refractivity contribution in [1.29, 1.82) is 0 Å². The van der Waals surface area contributed by atoms with Crippen LogP contribution in [0.15, 0.2) is 36.6 Å². The highest BCUT2D eigenvalue weighted by molar-refractivity contribution is 5.26. The Morgan fingerprint density at radius 3 is 2.58 bits per heavy atom. The van der Waals surface area contributed by atoms with Crippen LogP contribution < -0.4 is 4.74 Å². The minimum Gasteiger partial charge on any atom is -0.497 e. The minimum atomic E-state index is -0.401. The molecule has 3 nitrogen and oxygen atoms in total. The molecule has 0 aliphatic rings. The molecule has 0 heterocycles. The van der Waals surface area contributed by atoms with Gasteiger partial charge in [0, 0.05) is 0 Å². The van der Waals surface area contributed by atoms with Gasteiger partial charge in [-0.15, -0.1) is 0 Å². The Morgan fingerprint density at radius 1 is 1.21 bits per heavy atom. The van der Waals surface area contributed by atoms with Crippen molar-refractivity contribution >= 4 is 0 Å². The van der Waals surface area contributed by atoms with Crippen molar-refractivity contribution in [2.45, 2.75) is 45.3 Å². The molecule has 0 saturated heterocycles. The van der Waals surface area contributed by atoms with Crippen LogP contribution in [-0.2, 0) is 11.3 Å². The molecule has 0 aromatic heterocycles. The predicted molar refractivity (Wildman–Crippen MR) is 77.1 cm³/mol. The van der Waals surface area contributed by atoms with Gasteiger partial charge in [-0.1, -0.05) is 38.3 Å². The Morgan fingerprint density at radius 2 is 1.95 bits per heavy atom. The quantitative estimate of drug-likeness (QED) is 0.546. The van der Waals surface area contributed by atoms with E-state index in [-0.39, 0.29) is 0 Å². The van der Waals surface area contributed by atoms with E-state index >= 15 is 0 Å². The van der Waals surface area contributed by atoms with Gasteiger partial charge in [-0.25, -0.2) is 0 Å². The molecule has 3 heteroatoms. The number of aliphatic hydroxyl groups excluding tert-OH is 1. The zero-order valence-corrected chi connectivity index (χ0v) is 11.8. The van der Waals surface area contributed by atoms with Crippen molar-refractivity contribution in [1.82, 2.24) is 0 Å². The van der Waals surface area contributed by atoms with E-state index in [1.807, 2.05) is 24.3 Å². The van der Waals surface area contributed by atoms with Crippen molar-refractivity contribution in [2.75, 3.05) is 7.11 Å². The third-order valence-corrected chi connectivity index (χ3v) is 2.91. The van der Waals surface area contributed by atoms with Gasteiger partial charge >= 0.3 is 0 Å². The van der Waals surface area contributed by atoms with Gasteiger partial charge in [-0.2, -0.15) is 0 Å². The Kier molecular flexibility index (Phi) is 7.75. The van der Waals surface area contributed by atoms with E-state index in [4.69, 9.17) is 9.47 Å². The summed E-state index contributed by atoms with van der Waals surface area (Å²) in [6.45, 7) is 2.66. The first-order valence-corrected chi connectivity index (χ1v) is 6.85. The van der Waals surface area contributed by atoms with Gasteiger partial charge in [0.1, 0.15) is 12.4 Å². The van der Waals surface area contributed by atoms with Crippen LogP contribution in [0.4, 0.5) is 0 Å². The fourth-order valence-electron chi connectivity index (χ4n) is 1.71. The molecule has 0 amide bonds. The summed E-state index contributed by atoms with van der Waals surface area (Å²) in [4.78, 5) is 0. The summed E-state index contributed by atoms with van der Waals surface area (Å²) in [5.41, 5.74) is 1.07. The lowest BCUT2D eigenvalue weighted by Crippen LogP contribution is -2.01. The Bertz CT molecular complexity index is 357. The molecule has 1 unspecified atom stereocenters. The molecule has 0 aliphatic heterocycles. The highest BCUT2D eigenvalue weighted by Gasteiger charge is 1.98. The van der Waals surface area contributed by atoms with Gasteiger partial charge < -0.3 is 14.6 Å². The number of hydrogen-bond acceptors (Lipinski definition) is 3. The first-order chi connectivity index (χ1) is 9.26. The van der Waals surface area contributed by atoms with Crippen LogP contribution in [-0.4, -0.2) is 18.3 Å². The maximum atomic E-state index is 9.66. The minimum absolute atomic E-state index is 0.401. The molecule has 0 spiro atoms. The lowest BCUT2D eigenvalue weighted by molar-refractivity contribution is 0.192. The van der Waals surface area contributed by atoms with E-state index in [0.717, 1.165) is 30.6 Å². The second-order valence-corrected chi connectivity index (χ2v) is 4.55. The molecule has 0 bridgehead atoms. The Hall–Kier alpha value is -1.48. The zero-order valence-electron chi connectivity index (χ0n) is 11.8. The topological polar surface area (TPSA) is 38.7 Å². The monoisotopic (exact) mass is 264 g/mol. The molecular weight excluding hydrogens is 240 g/mol. The lowest BCUT2D eigenvalue weighted by Gasteiger charge is -2.06. The largest absolute Gasteiger partial charge is 0.497 e. The number of unbranched alkanes of at least 4 members (excludes halogenated alkanes) is 2. The smallest absolute Gasteiger partial charge is 0.118 e. The fourth-order valence-corrected chi connectivity index (χ4v) is 1.71. The molecule has 1 atom stereocenters. The highest BCUT2D eigenvalue weighted by atomic mass is 16.5. The summed E-state index contributed by atoms with van der Waals surface area (Å²) in [7, 11) is 1.65. The van der Waals surface area contributed by atoms with Crippen LogP contribution in [0.2, 0.25) is 0 Å². The van der Waals surface area contributed by atoms with Crippen LogP contribution in [0.1, 0.15) is 38.2 Å². The molecule has 0 saturated carbocycles. The predicted octanol–water partition coefficient (Wildman–Crippen LogP) is 3.67. The standard InChI is InChI=1S/C16H24O3/c1-3-4-5-6-15(17)11-12-19-13-14-7-9-16(18-2)10-8-14/h7-12,15,17H,3-6,13H2,1-2H3/b12-11+. The van der Waals surface area contributed by atoms with Crippen LogP contribution in [0.25, 0.3) is 0 Å². The van der Waals surface area contributed by atoms with Crippen molar-refractivity contribution in [3.63, 3.8) is 0 Å². The number of benzene rings is 1. The van der Waals surface area contributed by atoms with Crippen molar-refractivity contribution in [3.05, 3.63) is 42.2 Å². The molecule has 1 aromatic carbocycles. The van der Waals surface area contributed by atoms with Crippen LogP contribution in [0.3, 0.4) is 0 Å². The lowest BCUT2D eigenvalue weighted by atomic mass is 10.1. The van der Waals surface area contributed by atoms with Gasteiger partial charge in [0.15, 0.2) is 0 Å². The van der Waals surface area contributed by atoms with Gasteiger partial charge in [-0.05, 0) is 30.2 Å². The number of aliphatic hydroxyl groups is 1. The maximum Gasteiger partial charge on any atom is 0.118 e. The van der Waals surface area contributed by atoms with E-state index in [2.05, 4.69) is 6.92 Å². The third kappa shape index (κ3) is 6.87. The van der Waals surface area contributed by atoms with Crippen molar-refractivity contribution < 1.29 is 14.6 Å². The van der Waals surface area contributed by atoms with Crippen LogP contribution in [0, 0.1) is 0 Å². The summed E-state index contributed by atoms with van der Waals surface area (Å²) >= 11 is 0. The molecular formula is C16H24O3. The first kappa shape index (κ1) is 15.6. The van der Waals surface area contributed by atoms with Gasteiger partial charge in [0.25, 0.3) is 0 Å². The second-order valence-electron chi connectivity index (χ2n) is 4.55. The van der Waals surface area contributed by atoms with Gasteiger partial charge in [-0.3, -0.25) is 0 Å². The molecule has 0 fully saturated rings. The molecule has 1 rings (SSSR count). The highest BCUT2D eigenvalue weighted by Crippen LogP contribution is 2.12. The Labute approximate surface area is 115 Å². The van der Waals surface area contributed by atoms with E-state index in [1.165, 1.54) is 6.42 Å². The van der Waals surface area contributed by atoms with Crippen molar-refractivity contribution in [2.24, 2.45) is 0 Å². The summed E-state index contributed by atoms with van der Waals surface area (Å²) in [6.07, 6.45) is 7.08. The average molecular weight is 264 g/mol.